The number of nitrogens with one attached hydrogen (secondary N) is 2. The first-order chi connectivity index (χ1) is 8.42. The number of anilines is 1. The molecule has 1 unspecified atom stereocenters. The molecule has 0 radical (unpaired) electrons. The van der Waals surface area contributed by atoms with Gasteiger partial charge in [-0.25, -0.2) is 0 Å². The summed E-state index contributed by atoms with van der Waals surface area (Å²) < 4.78 is 0. The Balaban J connectivity index is 2.25. The SMILES string of the molecule is Cc1cc(C)c(NC(=O)C2(C)C=CON2)c(C)n1. The van der Waals surface area contributed by atoms with Crippen molar-refractivity contribution in [2.75, 3.05) is 5.32 Å². The van der Waals surface area contributed by atoms with E-state index in [1.165, 1.54) is 6.26 Å². The first-order valence-electron chi connectivity index (χ1n) is 5.79. The highest BCUT2D eigenvalue weighted by atomic mass is 16.6. The van der Waals surface area contributed by atoms with E-state index in [4.69, 9.17) is 4.84 Å². The number of hydroxylamine groups is 1. The number of carbonyl (C=O) groups excluding carboxylic acids is 1. The number of hydrogen-bond donors (Lipinski definition) is 2. The maximum atomic E-state index is 12.2. The van der Waals surface area contributed by atoms with Crippen LogP contribution in [0.15, 0.2) is 18.4 Å². The number of pyridine rings is 1. The fraction of sp³-hybridized carbons (Fsp3) is 0.385. The third-order valence-corrected chi connectivity index (χ3v) is 2.98. The number of aryl methyl sites for hydroxylation is 3. The third-order valence-electron chi connectivity index (χ3n) is 2.98. The number of carbonyl (C=O) groups is 1. The fourth-order valence-electron chi connectivity index (χ4n) is 1.94. The molecule has 1 aromatic rings. The Kier molecular flexibility index (Phi) is 3.09. The van der Waals surface area contributed by atoms with Crippen LogP contribution in [0.25, 0.3) is 0 Å². The Hall–Kier alpha value is -1.88. The Morgan fingerprint density at radius 3 is 2.72 bits per heavy atom. The normalized spacial score (nSPS) is 21.8. The number of hydrogen-bond acceptors (Lipinski definition) is 4. The van der Waals surface area contributed by atoms with Crippen LogP contribution in [-0.2, 0) is 9.63 Å². The van der Waals surface area contributed by atoms with E-state index in [1.807, 2.05) is 26.8 Å². The molecule has 1 aliphatic heterocycles. The number of rotatable bonds is 2. The zero-order valence-electron chi connectivity index (χ0n) is 11.0. The van der Waals surface area contributed by atoms with E-state index in [2.05, 4.69) is 15.8 Å². The summed E-state index contributed by atoms with van der Waals surface area (Å²) in [6, 6.07) is 1.94. The molecule has 0 aliphatic carbocycles. The molecule has 0 saturated heterocycles. The van der Waals surface area contributed by atoms with Crippen molar-refractivity contribution < 1.29 is 9.63 Å². The smallest absolute Gasteiger partial charge is 0.251 e. The van der Waals surface area contributed by atoms with Crippen LogP contribution < -0.4 is 10.8 Å². The molecule has 5 nitrogen and oxygen atoms in total. The predicted molar refractivity (Wildman–Crippen MR) is 68.8 cm³/mol. The largest absolute Gasteiger partial charge is 0.415 e. The summed E-state index contributed by atoms with van der Waals surface area (Å²) in [5.41, 5.74) is 5.33. The standard InChI is InChI=1S/C13H17N3O2/c1-8-7-9(2)14-10(3)11(8)15-12(17)13(4)5-6-18-16-13/h5-7,16H,1-4H3,(H,15,17). The Labute approximate surface area is 106 Å². The molecule has 1 amide bonds. The van der Waals surface area contributed by atoms with Gasteiger partial charge in [0.2, 0.25) is 0 Å². The van der Waals surface area contributed by atoms with Gasteiger partial charge in [0, 0.05) is 5.69 Å². The predicted octanol–water partition coefficient (Wildman–Crippen LogP) is 1.75. The van der Waals surface area contributed by atoms with E-state index in [0.29, 0.717) is 0 Å². The number of aromatic nitrogens is 1. The van der Waals surface area contributed by atoms with Crippen molar-refractivity contribution in [2.45, 2.75) is 33.2 Å². The maximum absolute atomic E-state index is 12.2. The van der Waals surface area contributed by atoms with Gasteiger partial charge in [-0.05, 0) is 45.4 Å². The quantitative estimate of drug-likeness (QED) is 0.835. The van der Waals surface area contributed by atoms with E-state index in [0.717, 1.165) is 22.6 Å². The van der Waals surface area contributed by atoms with Crippen molar-refractivity contribution in [3.05, 3.63) is 35.4 Å². The van der Waals surface area contributed by atoms with Gasteiger partial charge in [-0.15, -0.1) is 5.48 Å². The highest BCUT2D eigenvalue weighted by Gasteiger charge is 2.34. The molecule has 2 rings (SSSR count). The van der Waals surface area contributed by atoms with Crippen molar-refractivity contribution in [1.82, 2.24) is 10.5 Å². The molecular formula is C13H17N3O2. The van der Waals surface area contributed by atoms with Gasteiger partial charge in [-0.1, -0.05) is 0 Å². The first kappa shape index (κ1) is 12.6. The van der Waals surface area contributed by atoms with Crippen molar-refractivity contribution in [3.63, 3.8) is 0 Å². The minimum Gasteiger partial charge on any atom is -0.415 e. The van der Waals surface area contributed by atoms with Crippen LogP contribution in [0.3, 0.4) is 0 Å². The molecule has 96 valence electrons. The lowest BCUT2D eigenvalue weighted by molar-refractivity contribution is -0.122. The average Bonchev–Trinajstić information content (AvgIpc) is 2.71. The van der Waals surface area contributed by atoms with Crippen molar-refractivity contribution >= 4 is 11.6 Å². The fourth-order valence-corrected chi connectivity index (χ4v) is 1.94. The van der Waals surface area contributed by atoms with Crippen LogP contribution in [0.4, 0.5) is 5.69 Å². The second-order valence-electron chi connectivity index (χ2n) is 4.72. The lowest BCUT2D eigenvalue weighted by Crippen LogP contribution is -2.47. The van der Waals surface area contributed by atoms with Gasteiger partial charge in [-0.2, -0.15) is 0 Å². The monoisotopic (exact) mass is 247 g/mol. The van der Waals surface area contributed by atoms with E-state index in [1.54, 1.807) is 13.0 Å². The summed E-state index contributed by atoms with van der Waals surface area (Å²) in [5.74, 6) is -0.173. The minimum atomic E-state index is -0.843. The van der Waals surface area contributed by atoms with Gasteiger partial charge in [0.25, 0.3) is 5.91 Å². The highest BCUT2D eigenvalue weighted by Crippen LogP contribution is 2.22. The summed E-state index contributed by atoms with van der Waals surface area (Å²) >= 11 is 0. The molecule has 1 atom stereocenters. The Bertz CT molecular complexity index is 502. The number of nitrogens with zero attached hydrogens (tertiary/aromatic N) is 1. The second kappa shape index (κ2) is 4.42. The van der Waals surface area contributed by atoms with E-state index < -0.39 is 5.54 Å². The molecule has 0 bridgehead atoms. The van der Waals surface area contributed by atoms with Crippen molar-refractivity contribution in [3.8, 4) is 0 Å². The molecule has 0 spiro atoms. The van der Waals surface area contributed by atoms with Gasteiger partial charge in [-0.3, -0.25) is 9.78 Å². The van der Waals surface area contributed by atoms with Gasteiger partial charge >= 0.3 is 0 Å². The Morgan fingerprint density at radius 1 is 1.44 bits per heavy atom. The lowest BCUT2D eigenvalue weighted by Gasteiger charge is -2.21. The van der Waals surface area contributed by atoms with E-state index >= 15 is 0 Å². The topological polar surface area (TPSA) is 63.2 Å². The molecule has 1 aromatic heterocycles. The molecule has 5 heteroatoms. The van der Waals surface area contributed by atoms with Crippen LogP contribution in [0.5, 0.6) is 0 Å². The molecule has 2 heterocycles. The van der Waals surface area contributed by atoms with Crippen LogP contribution >= 0.6 is 0 Å². The van der Waals surface area contributed by atoms with Gasteiger partial charge in [0.1, 0.15) is 6.26 Å². The van der Waals surface area contributed by atoms with Crippen LogP contribution in [0, 0.1) is 20.8 Å². The first-order valence-corrected chi connectivity index (χ1v) is 5.79. The molecule has 0 fully saturated rings. The zero-order valence-corrected chi connectivity index (χ0v) is 11.0. The molecular weight excluding hydrogens is 230 g/mol. The minimum absolute atomic E-state index is 0.173. The van der Waals surface area contributed by atoms with Crippen molar-refractivity contribution in [2.24, 2.45) is 0 Å². The summed E-state index contributed by atoms with van der Waals surface area (Å²) in [7, 11) is 0. The summed E-state index contributed by atoms with van der Waals surface area (Å²) in [6.07, 6.45) is 3.14. The second-order valence-corrected chi connectivity index (χ2v) is 4.72. The third kappa shape index (κ3) is 2.22. The molecule has 2 N–H and O–H groups in total. The summed E-state index contributed by atoms with van der Waals surface area (Å²) in [4.78, 5) is 21.4. The zero-order chi connectivity index (χ0) is 13.3. The average molecular weight is 247 g/mol. The summed E-state index contributed by atoms with van der Waals surface area (Å²) in [5, 5.41) is 2.89. The summed E-state index contributed by atoms with van der Waals surface area (Å²) in [6.45, 7) is 7.51. The lowest BCUT2D eigenvalue weighted by atomic mass is 10.0. The maximum Gasteiger partial charge on any atom is 0.251 e. The van der Waals surface area contributed by atoms with Crippen molar-refractivity contribution in [1.29, 1.82) is 0 Å². The molecule has 18 heavy (non-hydrogen) atoms. The van der Waals surface area contributed by atoms with Gasteiger partial charge < -0.3 is 10.2 Å². The van der Waals surface area contributed by atoms with Crippen LogP contribution in [0.2, 0.25) is 0 Å². The Morgan fingerprint density at radius 2 is 2.17 bits per heavy atom. The number of amides is 1. The van der Waals surface area contributed by atoms with Crippen LogP contribution in [0.1, 0.15) is 23.9 Å². The van der Waals surface area contributed by atoms with Crippen LogP contribution in [-0.4, -0.2) is 16.4 Å². The van der Waals surface area contributed by atoms with Gasteiger partial charge in [0.05, 0.1) is 11.4 Å². The van der Waals surface area contributed by atoms with Gasteiger partial charge in [0.15, 0.2) is 5.54 Å². The van der Waals surface area contributed by atoms with E-state index in [-0.39, 0.29) is 5.91 Å². The molecule has 0 saturated carbocycles. The van der Waals surface area contributed by atoms with E-state index in [9.17, 15) is 4.79 Å². The highest BCUT2D eigenvalue weighted by molar-refractivity contribution is 6.00. The molecule has 0 aromatic carbocycles. The molecule has 1 aliphatic rings.